The van der Waals surface area contributed by atoms with E-state index in [1.165, 1.54) is 6.92 Å². The van der Waals surface area contributed by atoms with Gasteiger partial charge in [-0.2, -0.15) is 23.4 Å². The Balaban J connectivity index is 1.66. The third kappa shape index (κ3) is 4.30. The summed E-state index contributed by atoms with van der Waals surface area (Å²) in [4.78, 5) is 17.0. The predicted octanol–water partition coefficient (Wildman–Crippen LogP) is 4.83. The Labute approximate surface area is 197 Å². The number of methoxy groups -OCH3 is 1. The molecule has 12 heteroatoms. The number of hydrogen-bond acceptors (Lipinski definition) is 5. The lowest BCUT2D eigenvalue weighted by Gasteiger charge is -2.09. The minimum absolute atomic E-state index is 0.0964. The molecule has 3 aromatic heterocycles. The van der Waals surface area contributed by atoms with Crippen molar-refractivity contribution in [1.29, 1.82) is 0 Å². The van der Waals surface area contributed by atoms with Crippen LogP contribution in [-0.2, 0) is 12.7 Å². The van der Waals surface area contributed by atoms with E-state index in [4.69, 9.17) is 16.3 Å². The molecule has 0 bridgehead atoms. The van der Waals surface area contributed by atoms with Crippen molar-refractivity contribution in [2.75, 3.05) is 12.4 Å². The van der Waals surface area contributed by atoms with Crippen molar-refractivity contribution in [2.24, 2.45) is 0 Å². The molecule has 0 fully saturated rings. The Bertz CT molecular complexity index is 1410. The smallest absolute Gasteiger partial charge is 0.433 e. The Hall–Kier alpha value is -3.60. The molecule has 0 spiro atoms. The first-order valence-corrected chi connectivity index (χ1v) is 10.5. The summed E-state index contributed by atoms with van der Waals surface area (Å²) in [6, 6.07) is 8.32. The van der Waals surface area contributed by atoms with E-state index >= 15 is 0 Å². The van der Waals surface area contributed by atoms with E-state index in [1.807, 2.05) is 24.3 Å². The standard InChI is InChI=1S/C22H20ClF3N6O2/c1-11-8-16(22(24,25)26)32-20(27-11)17(23)19(30-32)21(33)28-18-12(2)29-31(13(18)3)10-14-6-5-7-15(9-14)34-4/h5-9H,10H2,1-4H3,(H,28,33). The maximum Gasteiger partial charge on any atom is 0.433 e. The summed E-state index contributed by atoms with van der Waals surface area (Å²) in [7, 11) is 1.58. The van der Waals surface area contributed by atoms with Gasteiger partial charge in [-0.3, -0.25) is 9.48 Å². The zero-order valence-electron chi connectivity index (χ0n) is 18.7. The summed E-state index contributed by atoms with van der Waals surface area (Å²) in [5.41, 5.74) is 0.935. The summed E-state index contributed by atoms with van der Waals surface area (Å²) >= 11 is 6.23. The van der Waals surface area contributed by atoms with Gasteiger partial charge in [-0.25, -0.2) is 9.50 Å². The monoisotopic (exact) mass is 492 g/mol. The van der Waals surface area contributed by atoms with Crippen LogP contribution in [0.2, 0.25) is 5.02 Å². The minimum Gasteiger partial charge on any atom is -0.497 e. The van der Waals surface area contributed by atoms with Gasteiger partial charge in [-0.1, -0.05) is 23.7 Å². The number of amides is 1. The fourth-order valence-corrected chi connectivity index (χ4v) is 3.85. The summed E-state index contributed by atoms with van der Waals surface area (Å²) in [5, 5.41) is 10.7. The second-order valence-electron chi connectivity index (χ2n) is 7.69. The molecule has 1 aromatic carbocycles. The summed E-state index contributed by atoms with van der Waals surface area (Å²) < 4.78 is 47.9. The van der Waals surface area contributed by atoms with E-state index in [0.29, 0.717) is 33.9 Å². The summed E-state index contributed by atoms with van der Waals surface area (Å²) in [5.74, 6) is -0.0653. The third-order valence-corrected chi connectivity index (χ3v) is 5.60. The molecule has 1 N–H and O–H groups in total. The van der Waals surface area contributed by atoms with Crippen LogP contribution in [0.4, 0.5) is 18.9 Å². The molecule has 1 amide bonds. The van der Waals surface area contributed by atoms with Gasteiger partial charge in [0.2, 0.25) is 0 Å². The van der Waals surface area contributed by atoms with Crippen molar-refractivity contribution in [3.05, 3.63) is 69.4 Å². The second kappa shape index (κ2) is 8.64. The summed E-state index contributed by atoms with van der Waals surface area (Å²) in [6.45, 7) is 5.31. The molecular formula is C22H20ClF3N6O2. The van der Waals surface area contributed by atoms with Gasteiger partial charge in [0.25, 0.3) is 5.91 Å². The quantitative estimate of drug-likeness (QED) is 0.431. The molecule has 3 heterocycles. The van der Waals surface area contributed by atoms with Gasteiger partial charge >= 0.3 is 6.18 Å². The Morgan fingerprint density at radius 3 is 2.59 bits per heavy atom. The number of carbonyl (C=O) groups is 1. The first-order chi connectivity index (χ1) is 16.0. The number of halogens is 4. The fraction of sp³-hybridized carbons (Fsp3) is 0.273. The number of anilines is 1. The number of ether oxygens (including phenoxy) is 1. The van der Waals surface area contributed by atoms with Crippen LogP contribution in [0.5, 0.6) is 5.75 Å². The molecule has 0 atom stereocenters. The highest BCUT2D eigenvalue weighted by molar-refractivity contribution is 6.37. The lowest BCUT2D eigenvalue weighted by atomic mass is 10.2. The topological polar surface area (TPSA) is 86.3 Å². The number of alkyl halides is 3. The predicted molar refractivity (Wildman–Crippen MR) is 119 cm³/mol. The number of nitrogens with one attached hydrogen (secondary N) is 1. The zero-order chi connectivity index (χ0) is 24.8. The van der Waals surface area contributed by atoms with Crippen LogP contribution < -0.4 is 10.1 Å². The molecule has 178 valence electrons. The molecule has 0 aliphatic rings. The molecule has 4 aromatic rings. The van der Waals surface area contributed by atoms with Gasteiger partial charge < -0.3 is 10.1 Å². The normalized spacial score (nSPS) is 11.8. The van der Waals surface area contributed by atoms with Gasteiger partial charge in [0, 0.05) is 5.69 Å². The van der Waals surface area contributed by atoms with Gasteiger partial charge in [-0.05, 0) is 44.5 Å². The molecule has 8 nitrogen and oxygen atoms in total. The van der Waals surface area contributed by atoms with Crippen LogP contribution in [0, 0.1) is 20.8 Å². The van der Waals surface area contributed by atoms with E-state index in [-0.39, 0.29) is 22.1 Å². The molecular weight excluding hydrogens is 473 g/mol. The number of rotatable bonds is 5. The molecule has 0 aliphatic carbocycles. The van der Waals surface area contributed by atoms with E-state index in [9.17, 15) is 18.0 Å². The first kappa shape index (κ1) is 23.6. The van der Waals surface area contributed by atoms with E-state index in [0.717, 1.165) is 11.6 Å². The zero-order valence-corrected chi connectivity index (χ0v) is 19.4. The van der Waals surface area contributed by atoms with Crippen LogP contribution in [0.25, 0.3) is 5.65 Å². The average molecular weight is 493 g/mol. The van der Waals surface area contributed by atoms with Crippen molar-refractivity contribution in [2.45, 2.75) is 33.5 Å². The number of fused-ring (bicyclic) bond motifs is 1. The van der Waals surface area contributed by atoms with Gasteiger partial charge in [0.1, 0.15) is 16.5 Å². The lowest BCUT2D eigenvalue weighted by Crippen LogP contribution is -2.16. The van der Waals surface area contributed by atoms with Crippen LogP contribution >= 0.6 is 11.6 Å². The molecule has 0 unspecified atom stereocenters. The SMILES string of the molecule is COc1cccc(Cn2nc(C)c(NC(=O)c3nn4c(C(F)(F)F)cc(C)nc4c3Cl)c2C)c1. The van der Waals surface area contributed by atoms with Crippen molar-refractivity contribution in [1.82, 2.24) is 24.4 Å². The van der Waals surface area contributed by atoms with Gasteiger partial charge in [0.05, 0.1) is 30.7 Å². The number of benzene rings is 1. The van der Waals surface area contributed by atoms with Crippen molar-refractivity contribution >= 4 is 28.8 Å². The van der Waals surface area contributed by atoms with Crippen molar-refractivity contribution in [3.8, 4) is 5.75 Å². The van der Waals surface area contributed by atoms with Crippen LogP contribution in [0.1, 0.15) is 38.8 Å². The minimum atomic E-state index is -4.70. The lowest BCUT2D eigenvalue weighted by molar-refractivity contribution is -0.142. The van der Waals surface area contributed by atoms with E-state index in [1.54, 1.807) is 25.6 Å². The number of carbonyl (C=O) groups excluding carboxylic acids is 1. The fourth-order valence-electron chi connectivity index (χ4n) is 3.61. The molecule has 34 heavy (non-hydrogen) atoms. The molecule has 0 saturated heterocycles. The first-order valence-electron chi connectivity index (χ1n) is 10.1. The Kier molecular flexibility index (Phi) is 5.98. The number of aryl methyl sites for hydroxylation is 2. The maximum absolute atomic E-state index is 13.5. The highest BCUT2D eigenvalue weighted by Gasteiger charge is 2.36. The number of nitrogens with zero attached hydrogens (tertiary/aromatic N) is 5. The van der Waals surface area contributed by atoms with E-state index in [2.05, 4.69) is 20.5 Å². The molecule has 0 aliphatic heterocycles. The highest BCUT2D eigenvalue weighted by Crippen LogP contribution is 2.32. The van der Waals surface area contributed by atoms with Crippen LogP contribution in [0.3, 0.4) is 0 Å². The van der Waals surface area contributed by atoms with Crippen molar-refractivity contribution in [3.63, 3.8) is 0 Å². The number of aromatic nitrogens is 5. The largest absolute Gasteiger partial charge is 0.497 e. The highest BCUT2D eigenvalue weighted by atomic mass is 35.5. The Morgan fingerprint density at radius 1 is 1.18 bits per heavy atom. The Morgan fingerprint density at radius 2 is 1.91 bits per heavy atom. The third-order valence-electron chi connectivity index (χ3n) is 5.25. The van der Waals surface area contributed by atoms with E-state index < -0.39 is 17.8 Å². The maximum atomic E-state index is 13.5. The van der Waals surface area contributed by atoms with Crippen LogP contribution in [0.15, 0.2) is 30.3 Å². The van der Waals surface area contributed by atoms with Crippen LogP contribution in [-0.4, -0.2) is 37.4 Å². The molecule has 4 rings (SSSR count). The van der Waals surface area contributed by atoms with Gasteiger partial charge in [-0.15, -0.1) is 0 Å². The van der Waals surface area contributed by atoms with Gasteiger partial charge in [0.15, 0.2) is 11.3 Å². The summed E-state index contributed by atoms with van der Waals surface area (Å²) in [6.07, 6.45) is -4.70. The average Bonchev–Trinajstić information content (AvgIpc) is 3.24. The molecule has 0 saturated carbocycles. The van der Waals surface area contributed by atoms with Crippen molar-refractivity contribution < 1.29 is 22.7 Å². The molecule has 0 radical (unpaired) electrons. The second-order valence-corrected chi connectivity index (χ2v) is 8.07. The number of hydrogen-bond donors (Lipinski definition) is 1.